The van der Waals surface area contributed by atoms with Crippen LogP contribution in [0.3, 0.4) is 0 Å². The van der Waals surface area contributed by atoms with E-state index in [0.717, 1.165) is 45.3 Å². The van der Waals surface area contributed by atoms with Gasteiger partial charge >= 0.3 is 5.97 Å². The Balaban J connectivity index is 2.75. The molecule has 1 fully saturated rings. The third-order valence-corrected chi connectivity index (χ3v) is 4.85. The number of ether oxygens (including phenoxy) is 1. The van der Waals surface area contributed by atoms with Crippen molar-refractivity contribution in [2.75, 3.05) is 26.2 Å². The van der Waals surface area contributed by atoms with Gasteiger partial charge in [0.05, 0.1) is 6.61 Å². The molecular weight excluding hydrogens is 264 g/mol. The van der Waals surface area contributed by atoms with Crippen molar-refractivity contribution in [3.63, 3.8) is 0 Å². The first kappa shape index (κ1) is 18.4. The van der Waals surface area contributed by atoms with Crippen LogP contribution in [0.1, 0.15) is 60.3 Å². The molecule has 4 nitrogen and oxygen atoms in total. The van der Waals surface area contributed by atoms with Crippen molar-refractivity contribution in [3.8, 4) is 0 Å². The van der Waals surface area contributed by atoms with Gasteiger partial charge in [0.1, 0.15) is 5.54 Å². The minimum absolute atomic E-state index is 0.0399. The van der Waals surface area contributed by atoms with Crippen LogP contribution in [0.5, 0.6) is 0 Å². The Morgan fingerprint density at radius 3 is 2.62 bits per heavy atom. The van der Waals surface area contributed by atoms with Crippen LogP contribution in [0.4, 0.5) is 0 Å². The van der Waals surface area contributed by atoms with E-state index in [9.17, 15) is 4.79 Å². The second-order valence-corrected chi connectivity index (χ2v) is 6.32. The molecule has 1 saturated carbocycles. The van der Waals surface area contributed by atoms with Gasteiger partial charge in [0.25, 0.3) is 0 Å². The van der Waals surface area contributed by atoms with E-state index >= 15 is 0 Å². The fourth-order valence-electron chi connectivity index (χ4n) is 3.72. The van der Waals surface area contributed by atoms with Crippen LogP contribution in [-0.2, 0) is 9.53 Å². The summed E-state index contributed by atoms with van der Waals surface area (Å²) in [5, 5.41) is 3.47. The van der Waals surface area contributed by atoms with E-state index in [4.69, 9.17) is 4.74 Å². The highest BCUT2D eigenvalue weighted by atomic mass is 16.5. The molecule has 0 aromatic heterocycles. The fourth-order valence-corrected chi connectivity index (χ4v) is 3.72. The predicted molar refractivity (Wildman–Crippen MR) is 87.4 cm³/mol. The van der Waals surface area contributed by atoms with Gasteiger partial charge in [-0.25, -0.2) is 0 Å². The van der Waals surface area contributed by atoms with E-state index < -0.39 is 5.54 Å². The van der Waals surface area contributed by atoms with Crippen molar-refractivity contribution >= 4 is 5.97 Å². The highest BCUT2D eigenvalue weighted by Gasteiger charge is 2.49. The lowest BCUT2D eigenvalue weighted by Gasteiger charge is -2.35. The number of carbonyl (C=O) groups excluding carboxylic acids is 1. The smallest absolute Gasteiger partial charge is 0.326 e. The molecule has 0 heterocycles. The van der Waals surface area contributed by atoms with E-state index in [2.05, 4.69) is 37.9 Å². The van der Waals surface area contributed by atoms with E-state index in [-0.39, 0.29) is 5.97 Å². The van der Waals surface area contributed by atoms with Gasteiger partial charge in [-0.3, -0.25) is 4.79 Å². The summed E-state index contributed by atoms with van der Waals surface area (Å²) >= 11 is 0. The molecule has 2 unspecified atom stereocenters. The van der Waals surface area contributed by atoms with Crippen LogP contribution >= 0.6 is 0 Å². The molecule has 1 aliphatic rings. The zero-order valence-corrected chi connectivity index (χ0v) is 14.6. The Morgan fingerprint density at radius 2 is 2.10 bits per heavy atom. The Morgan fingerprint density at radius 1 is 1.38 bits per heavy atom. The van der Waals surface area contributed by atoms with Crippen molar-refractivity contribution in [2.24, 2.45) is 5.92 Å². The molecule has 124 valence electrons. The number of esters is 1. The number of likely N-dealkylation sites (N-methyl/N-ethyl adjacent to an activating group) is 1. The fraction of sp³-hybridized carbons (Fsp3) is 0.941. The lowest BCUT2D eigenvalue weighted by atomic mass is 9.84. The molecule has 0 bridgehead atoms. The topological polar surface area (TPSA) is 41.6 Å². The van der Waals surface area contributed by atoms with E-state index in [1.165, 1.54) is 0 Å². The second-order valence-electron chi connectivity index (χ2n) is 6.32. The van der Waals surface area contributed by atoms with Crippen LogP contribution in [0.25, 0.3) is 0 Å². The first-order valence-electron chi connectivity index (χ1n) is 8.68. The SMILES string of the molecule is CCNC1(C(=O)OCC)CCCC1CCN(CC)C(C)C. The first-order valence-corrected chi connectivity index (χ1v) is 8.68. The summed E-state index contributed by atoms with van der Waals surface area (Å²) in [6, 6.07) is 0.563. The molecule has 0 amide bonds. The number of rotatable bonds is 9. The zero-order chi connectivity index (χ0) is 15.9. The summed E-state index contributed by atoms with van der Waals surface area (Å²) in [6.45, 7) is 14.0. The normalized spacial score (nSPS) is 25.8. The molecule has 0 aromatic carbocycles. The maximum Gasteiger partial charge on any atom is 0.326 e. The quantitative estimate of drug-likeness (QED) is 0.665. The predicted octanol–water partition coefficient (Wildman–Crippen LogP) is 2.82. The molecule has 21 heavy (non-hydrogen) atoms. The Labute approximate surface area is 130 Å². The molecular formula is C17H34N2O2. The average molecular weight is 298 g/mol. The van der Waals surface area contributed by atoms with Gasteiger partial charge in [0, 0.05) is 6.04 Å². The second kappa shape index (κ2) is 8.74. The average Bonchev–Trinajstić information content (AvgIpc) is 2.84. The summed E-state index contributed by atoms with van der Waals surface area (Å²) in [5.41, 5.74) is -0.443. The monoisotopic (exact) mass is 298 g/mol. The van der Waals surface area contributed by atoms with Crippen LogP contribution in [0.2, 0.25) is 0 Å². The van der Waals surface area contributed by atoms with Crippen molar-refractivity contribution in [2.45, 2.75) is 71.9 Å². The minimum Gasteiger partial charge on any atom is -0.465 e. The van der Waals surface area contributed by atoms with Gasteiger partial charge in [-0.1, -0.05) is 20.3 Å². The molecule has 1 aliphatic carbocycles. The lowest BCUT2D eigenvalue weighted by Crippen LogP contribution is -2.56. The summed E-state index contributed by atoms with van der Waals surface area (Å²) in [7, 11) is 0. The number of carbonyl (C=O) groups is 1. The van der Waals surface area contributed by atoms with Gasteiger partial charge in [-0.05, 0) is 65.6 Å². The molecule has 0 aliphatic heterocycles. The van der Waals surface area contributed by atoms with Crippen LogP contribution in [-0.4, -0.2) is 48.7 Å². The summed E-state index contributed by atoms with van der Waals surface area (Å²) in [5.74, 6) is 0.353. The largest absolute Gasteiger partial charge is 0.465 e. The molecule has 0 radical (unpaired) electrons. The molecule has 2 atom stereocenters. The molecule has 4 heteroatoms. The van der Waals surface area contributed by atoms with Gasteiger partial charge in [-0.15, -0.1) is 0 Å². The maximum absolute atomic E-state index is 12.5. The van der Waals surface area contributed by atoms with Crippen LogP contribution in [0, 0.1) is 5.92 Å². The molecule has 0 saturated heterocycles. The standard InChI is InChI=1S/C17H34N2O2/c1-6-18-17(16(20)21-8-3)12-9-10-15(17)11-13-19(7-2)14(4)5/h14-15,18H,6-13H2,1-5H3. The van der Waals surface area contributed by atoms with E-state index in [0.29, 0.717) is 18.6 Å². The maximum atomic E-state index is 12.5. The van der Waals surface area contributed by atoms with Gasteiger partial charge < -0.3 is 15.0 Å². The third-order valence-electron chi connectivity index (χ3n) is 4.85. The highest BCUT2D eigenvalue weighted by Crippen LogP contribution is 2.39. The zero-order valence-electron chi connectivity index (χ0n) is 14.6. The van der Waals surface area contributed by atoms with E-state index in [1.54, 1.807) is 0 Å². The van der Waals surface area contributed by atoms with Crippen molar-refractivity contribution < 1.29 is 9.53 Å². The summed E-state index contributed by atoms with van der Waals surface area (Å²) in [4.78, 5) is 15.0. The van der Waals surface area contributed by atoms with Gasteiger partial charge in [0.2, 0.25) is 0 Å². The molecule has 0 spiro atoms. The molecule has 1 rings (SSSR count). The van der Waals surface area contributed by atoms with Crippen LogP contribution in [0.15, 0.2) is 0 Å². The Kier molecular flexibility index (Phi) is 7.67. The highest BCUT2D eigenvalue weighted by molar-refractivity contribution is 5.81. The number of hydrogen-bond donors (Lipinski definition) is 1. The summed E-state index contributed by atoms with van der Waals surface area (Å²) < 4.78 is 5.38. The first-order chi connectivity index (χ1) is 10.0. The number of nitrogens with zero attached hydrogens (tertiary/aromatic N) is 1. The number of nitrogens with one attached hydrogen (secondary N) is 1. The molecule has 0 aromatic rings. The van der Waals surface area contributed by atoms with Gasteiger partial charge in [-0.2, -0.15) is 0 Å². The van der Waals surface area contributed by atoms with Gasteiger partial charge in [0.15, 0.2) is 0 Å². The Bertz CT molecular complexity index is 320. The molecule has 1 N–H and O–H groups in total. The Hall–Kier alpha value is -0.610. The van der Waals surface area contributed by atoms with Crippen molar-refractivity contribution in [1.29, 1.82) is 0 Å². The number of hydrogen-bond acceptors (Lipinski definition) is 4. The summed E-state index contributed by atoms with van der Waals surface area (Å²) in [6.07, 6.45) is 4.22. The third kappa shape index (κ3) is 4.43. The van der Waals surface area contributed by atoms with Crippen molar-refractivity contribution in [3.05, 3.63) is 0 Å². The van der Waals surface area contributed by atoms with Crippen LogP contribution < -0.4 is 5.32 Å². The van der Waals surface area contributed by atoms with E-state index in [1.807, 2.05) is 6.92 Å². The van der Waals surface area contributed by atoms with Crippen molar-refractivity contribution in [1.82, 2.24) is 10.2 Å². The lowest BCUT2D eigenvalue weighted by molar-refractivity contribution is -0.153. The minimum atomic E-state index is -0.443.